The number of rotatable bonds is 2. The first-order valence-corrected chi connectivity index (χ1v) is 5.89. The summed E-state index contributed by atoms with van der Waals surface area (Å²) >= 11 is 0. The molecule has 108 valence electrons. The average molecular weight is 292 g/mol. The maximum atomic E-state index is 13.8. The van der Waals surface area contributed by atoms with Crippen molar-refractivity contribution in [2.75, 3.05) is 13.7 Å². The van der Waals surface area contributed by atoms with E-state index in [0.29, 0.717) is 11.0 Å². The molecular formula is C13H10BFO6. The van der Waals surface area contributed by atoms with E-state index in [1.165, 1.54) is 6.07 Å². The average Bonchev–Trinajstić information content (AvgIpc) is 2.82. The van der Waals surface area contributed by atoms with Crippen LogP contribution in [0.5, 0.6) is 0 Å². The van der Waals surface area contributed by atoms with Gasteiger partial charge in [0.2, 0.25) is 0 Å². The van der Waals surface area contributed by atoms with E-state index in [9.17, 15) is 19.0 Å². The maximum absolute atomic E-state index is 13.8. The summed E-state index contributed by atoms with van der Waals surface area (Å²) in [6.45, 7) is -0.309. The number of methoxy groups -OCH3 is 1. The van der Waals surface area contributed by atoms with E-state index in [0.717, 1.165) is 13.2 Å². The minimum Gasteiger partial charge on any atom is -0.459 e. The lowest BCUT2D eigenvalue weighted by Crippen LogP contribution is -2.29. The monoisotopic (exact) mass is 292 g/mol. The van der Waals surface area contributed by atoms with Crippen LogP contribution in [0.15, 0.2) is 12.1 Å². The van der Waals surface area contributed by atoms with Crippen LogP contribution in [0.25, 0.3) is 0 Å². The summed E-state index contributed by atoms with van der Waals surface area (Å²) in [4.78, 5) is 22.4. The second-order valence-corrected chi connectivity index (χ2v) is 4.06. The summed E-state index contributed by atoms with van der Waals surface area (Å²) in [6.07, 6.45) is 0. The Hall–Kier alpha value is -2.37. The molecule has 1 N–H and O–H groups in total. The molecule has 2 rings (SSSR count). The van der Waals surface area contributed by atoms with Gasteiger partial charge in [-0.25, -0.2) is 14.0 Å². The third-order valence-electron chi connectivity index (χ3n) is 2.76. The largest absolute Gasteiger partial charge is 0.491 e. The number of carbonyl (C=O) groups excluding carboxylic acids is 2. The standard InChI is InChI=1S/C13H10BFO6/c1-19-12(16)3-2-4-20-13(17)9-6-10-8(5-11(9)15)7-21-14(10)18/h5-6,18H,4,7H2,1H3. The summed E-state index contributed by atoms with van der Waals surface area (Å²) < 4.78 is 27.7. The molecule has 0 atom stereocenters. The zero-order valence-corrected chi connectivity index (χ0v) is 11.0. The van der Waals surface area contributed by atoms with E-state index in [1.807, 2.05) is 0 Å². The number of hydrogen-bond donors (Lipinski definition) is 1. The Morgan fingerprint density at radius 3 is 3.00 bits per heavy atom. The van der Waals surface area contributed by atoms with Crippen LogP contribution in [0, 0.1) is 17.7 Å². The zero-order chi connectivity index (χ0) is 15.4. The van der Waals surface area contributed by atoms with E-state index in [4.69, 9.17) is 9.39 Å². The van der Waals surface area contributed by atoms with Crippen molar-refractivity contribution >= 4 is 24.5 Å². The van der Waals surface area contributed by atoms with Gasteiger partial charge in [-0.05, 0) is 29.1 Å². The molecule has 0 bridgehead atoms. The Bertz CT molecular complexity index is 648. The molecule has 0 saturated heterocycles. The van der Waals surface area contributed by atoms with Crippen LogP contribution in [0.1, 0.15) is 15.9 Å². The molecule has 0 aromatic heterocycles. The van der Waals surface area contributed by atoms with Crippen molar-refractivity contribution in [2.24, 2.45) is 0 Å². The third kappa shape index (κ3) is 3.39. The predicted octanol–water partition coefficient (Wildman–Crippen LogP) is -0.623. The summed E-state index contributed by atoms with van der Waals surface area (Å²) in [5.41, 5.74) is 0.462. The van der Waals surface area contributed by atoms with Crippen LogP contribution in [-0.4, -0.2) is 37.8 Å². The molecule has 0 amide bonds. The molecule has 6 nitrogen and oxygen atoms in total. The van der Waals surface area contributed by atoms with Crippen molar-refractivity contribution in [2.45, 2.75) is 6.61 Å². The smallest absolute Gasteiger partial charge is 0.459 e. The zero-order valence-electron chi connectivity index (χ0n) is 11.0. The predicted molar refractivity (Wildman–Crippen MR) is 68.9 cm³/mol. The lowest BCUT2D eigenvalue weighted by atomic mass is 9.78. The van der Waals surface area contributed by atoms with Crippen molar-refractivity contribution in [3.63, 3.8) is 0 Å². The van der Waals surface area contributed by atoms with Gasteiger partial charge in [0.05, 0.1) is 19.3 Å². The van der Waals surface area contributed by atoms with Crippen LogP contribution in [-0.2, 0) is 25.5 Å². The highest BCUT2D eigenvalue weighted by molar-refractivity contribution is 6.61. The first-order chi connectivity index (χ1) is 10.0. The molecule has 1 heterocycles. The molecule has 0 spiro atoms. The SMILES string of the molecule is COC(=O)C#CCOC(=O)c1cc2c(cc1F)COB2O. The molecule has 0 unspecified atom stereocenters. The van der Waals surface area contributed by atoms with Crippen LogP contribution in [0.2, 0.25) is 0 Å². The van der Waals surface area contributed by atoms with Crippen LogP contribution in [0.3, 0.4) is 0 Å². The Morgan fingerprint density at radius 1 is 1.52 bits per heavy atom. The lowest BCUT2D eigenvalue weighted by molar-refractivity contribution is -0.133. The maximum Gasteiger partial charge on any atom is 0.491 e. The van der Waals surface area contributed by atoms with E-state index in [2.05, 4.69) is 16.6 Å². The second kappa shape index (κ2) is 6.39. The molecule has 0 saturated carbocycles. The molecule has 0 aliphatic carbocycles. The number of halogens is 1. The lowest BCUT2D eigenvalue weighted by Gasteiger charge is -2.05. The molecule has 1 aliphatic rings. The van der Waals surface area contributed by atoms with Gasteiger partial charge < -0.3 is 19.2 Å². The summed E-state index contributed by atoms with van der Waals surface area (Å²) in [5, 5.41) is 9.51. The Kier molecular flexibility index (Phi) is 4.57. The first-order valence-electron chi connectivity index (χ1n) is 5.89. The van der Waals surface area contributed by atoms with Crippen molar-refractivity contribution in [1.82, 2.24) is 0 Å². The number of hydrogen-bond acceptors (Lipinski definition) is 6. The van der Waals surface area contributed by atoms with Gasteiger partial charge in [0, 0.05) is 5.92 Å². The fraction of sp³-hybridized carbons (Fsp3) is 0.231. The summed E-state index contributed by atoms with van der Waals surface area (Å²) in [7, 11) is -0.0256. The van der Waals surface area contributed by atoms with Gasteiger partial charge in [0.25, 0.3) is 0 Å². The van der Waals surface area contributed by atoms with Crippen molar-refractivity contribution in [1.29, 1.82) is 0 Å². The molecule has 1 aromatic rings. The topological polar surface area (TPSA) is 82.1 Å². The van der Waals surface area contributed by atoms with Gasteiger partial charge in [-0.3, -0.25) is 0 Å². The normalized spacial score (nSPS) is 12.2. The highest BCUT2D eigenvalue weighted by Crippen LogP contribution is 2.16. The fourth-order valence-electron chi connectivity index (χ4n) is 1.74. The molecule has 1 aromatic carbocycles. The fourth-order valence-corrected chi connectivity index (χ4v) is 1.74. The van der Waals surface area contributed by atoms with Gasteiger partial charge in [0.15, 0.2) is 6.61 Å². The quantitative estimate of drug-likeness (QED) is 0.338. The molecule has 0 radical (unpaired) electrons. The molecular weight excluding hydrogens is 282 g/mol. The van der Waals surface area contributed by atoms with Gasteiger partial charge >= 0.3 is 19.1 Å². The number of carbonyl (C=O) groups is 2. The molecule has 0 fully saturated rings. The number of esters is 2. The van der Waals surface area contributed by atoms with Crippen LogP contribution in [0.4, 0.5) is 4.39 Å². The van der Waals surface area contributed by atoms with E-state index >= 15 is 0 Å². The van der Waals surface area contributed by atoms with Gasteiger partial charge in [0.1, 0.15) is 5.82 Å². The first kappa shape index (κ1) is 15.0. The van der Waals surface area contributed by atoms with Crippen molar-refractivity contribution in [3.05, 3.63) is 29.1 Å². The van der Waals surface area contributed by atoms with Crippen LogP contribution >= 0.6 is 0 Å². The van der Waals surface area contributed by atoms with Crippen molar-refractivity contribution < 1.29 is 33.1 Å². The highest BCUT2D eigenvalue weighted by atomic mass is 19.1. The summed E-state index contributed by atoms with van der Waals surface area (Å²) in [6, 6.07) is 2.29. The van der Waals surface area contributed by atoms with Crippen LogP contribution < -0.4 is 5.46 Å². The third-order valence-corrected chi connectivity index (χ3v) is 2.76. The van der Waals surface area contributed by atoms with E-state index in [-0.39, 0.29) is 18.8 Å². The van der Waals surface area contributed by atoms with E-state index in [1.54, 1.807) is 0 Å². The van der Waals surface area contributed by atoms with Gasteiger partial charge in [-0.2, -0.15) is 0 Å². The molecule has 8 heteroatoms. The highest BCUT2D eigenvalue weighted by Gasteiger charge is 2.30. The Labute approximate surface area is 119 Å². The molecule has 21 heavy (non-hydrogen) atoms. The Morgan fingerprint density at radius 2 is 2.29 bits per heavy atom. The summed E-state index contributed by atoms with van der Waals surface area (Å²) in [5.74, 6) is 1.81. The number of fused-ring (bicyclic) bond motifs is 1. The number of ether oxygens (including phenoxy) is 2. The van der Waals surface area contributed by atoms with Crippen molar-refractivity contribution in [3.8, 4) is 11.8 Å². The Balaban J connectivity index is 2.07. The molecule has 1 aliphatic heterocycles. The van der Waals surface area contributed by atoms with E-state index < -0.39 is 24.9 Å². The van der Waals surface area contributed by atoms with Gasteiger partial charge in [-0.15, -0.1) is 0 Å². The number of benzene rings is 1. The minimum atomic E-state index is -1.19. The minimum absolute atomic E-state index is 0.0767. The van der Waals surface area contributed by atoms with Gasteiger partial charge in [-0.1, -0.05) is 0 Å². The second-order valence-electron chi connectivity index (χ2n) is 4.06.